The predicted molar refractivity (Wildman–Crippen MR) is 114 cm³/mol. The molecule has 0 aliphatic carbocycles. The molecular weight excluding hydrogens is 407 g/mol. The lowest BCUT2D eigenvalue weighted by molar-refractivity contribution is -0.123. The highest BCUT2D eigenvalue weighted by Crippen LogP contribution is 2.35. The van der Waals surface area contributed by atoms with Gasteiger partial charge in [-0.3, -0.25) is 9.59 Å². The van der Waals surface area contributed by atoms with E-state index in [1.807, 2.05) is 12.1 Å². The Morgan fingerprint density at radius 1 is 1.23 bits per heavy atom. The van der Waals surface area contributed by atoms with Gasteiger partial charge in [-0.25, -0.2) is 9.37 Å². The Balaban J connectivity index is 1.38. The number of thiazole rings is 1. The summed E-state index contributed by atoms with van der Waals surface area (Å²) in [7, 11) is 0. The Hall–Kier alpha value is -3.04. The number of hydrogen-bond acceptors (Lipinski definition) is 6. The number of morpholine rings is 1. The van der Waals surface area contributed by atoms with Gasteiger partial charge >= 0.3 is 0 Å². The molecule has 3 heterocycles. The van der Waals surface area contributed by atoms with E-state index in [1.54, 1.807) is 23.5 Å². The van der Waals surface area contributed by atoms with Crippen molar-refractivity contribution in [3.63, 3.8) is 0 Å². The van der Waals surface area contributed by atoms with Crippen molar-refractivity contribution in [1.82, 2.24) is 4.98 Å². The first-order valence-corrected chi connectivity index (χ1v) is 10.5. The summed E-state index contributed by atoms with van der Waals surface area (Å²) in [5.41, 5.74) is 2.47. The second kappa shape index (κ2) is 7.66. The van der Waals surface area contributed by atoms with Gasteiger partial charge in [0.05, 0.1) is 29.3 Å². The molecule has 2 aliphatic rings. The van der Waals surface area contributed by atoms with Gasteiger partial charge in [0.25, 0.3) is 0 Å². The van der Waals surface area contributed by atoms with Crippen molar-refractivity contribution in [2.75, 3.05) is 41.8 Å². The van der Waals surface area contributed by atoms with E-state index < -0.39 is 11.7 Å². The van der Waals surface area contributed by atoms with E-state index in [2.05, 4.69) is 20.5 Å². The second-order valence-electron chi connectivity index (χ2n) is 7.30. The van der Waals surface area contributed by atoms with Crippen molar-refractivity contribution in [2.45, 2.75) is 12.3 Å². The molecule has 9 heteroatoms. The SMILES string of the molecule is O=C1C[C@H](C(=O)Nc2ccc3nc(N4CCOCC4)sc3c2)c2ccc(F)cc2N1. The molecule has 30 heavy (non-hydrogen) atoms. The number of hydrogen-bond donors (Lipinski definition) is 2. The molecule has 2 aliphatic heterocycles. The van der Waals surface area contributed by atoms with E-state index in [4.69, 9.17) is 4.74 Å². The summed E-state index contributed by atoms with van der Waals surface area (Å²) in [5, 5.41) is 6.47. The standard InChI is InChI=1S/C21H19FN4O3S/c22-12-1-3-14-15(11-19(27)24-17(14)9-12)20(28)23-13-2-4-16-18(10-13)30-21(25-16)26-5-7-29-8-6-26/h1-4,9-10,15H,5-8,11H2,(H,23,28)(H,24,27)/t15-/m0/s1. The second-order valence-corrected chi connectivity index (χ2v) is 8.31. The van der Waals surface area contributed by atoms with Crippen molar-refractivity contribution in [3.8, 4) is 0 Å². The molecule has 2 N–H and O–H groups in total. The minimum atomic E-state index is -0.671. The number of carbonyl (C=O) groups excluding carboxylic acids is 2. The molecule has 0 saturated carbocycles. The quantitative estimate of drug-likeness (QED) is 0.671. The molecule has 1 atom stereocenters. The number of aromatic nitrogens is 1. The average Bonchev–Trinajstić information content (AvgIpc) is 3.17. The minimum Gasteiger partial charge on any atom is -0.378 e. The molecule has 0 radical (unpaired) electrons. The highest BCUT2D eigenvalue weighted by Gasteiger charge is 2.31. The first-order chi connectivity index (χ1) is 14.6. The smallest absolute Gasteiger partial charge is 0.232 e. The van der Waals surface area contributed by atoms with Crippen LogP contribution in [0.3, 0.4) is 0 Å². The molecule has 0 bridgehead atoms. The number of carbonyl (C=O) groups is 2. The molecule has 1 aromatic heterocycles. The maximum absolute atomic E-state index is 13.5. The van der Waals surface area contributed by atoms with Crippen LogP contribution in [0.2, 0.25) is 0 Å². The Morgan fingerprint density at radius 2 is 2.07 bits per heavy atom. The van der Waals surface area contributed by atoms with Crippen LogP contribution in [0.4, 0.5) is 20.9 Å². The Kier molecular flexibility index (Phi) is 4.84. The van der Waals surface area contributed by atoms with E-state index in [-0.39, 0.29) is 18.2 Å². The Morgan fingerprint density at radius 3 is 2.90 bits per heavy atom. The molecule has 3 aromatic rings. The van der Waals surface area contributed by atoms with Crippen molar-refractivity contribution in [1.29, 1.82) is 0 Å². The molecule has 1 fully saturated rings. The van der Waals surface area contributed by atoms with Gasteiger partial charge < -0.3 is 20.3 Å². The van der Waals surface area contributed by atoms with Crippen LogP contribution in [-0.4, -0.2) is 43.1 Å². The number of benzene rings is 2. The monoisotopic (exact) mass is 426 g/mol. The maximum Gasteiger partial charge on any atom is 0.232 e. The Bertz CT molecular complexity index is 1140. The fraction of sp³-hybridized carbons (Fsp3) is 0.286. The van der Waals surface area contributed by atoms with E-state index in [1.165, 1.54) is 12.1 Å². The van der Waals surface area contributed by atoms with Gasteiger partial charge in [-0.05, 0) is 35.9 Å². The third-order valence-corrected chi connectivity index (χ3v) is 6.38. The molecule has 154 valence electrons. The van der Waals surface area contributed by atoms with Crippen molar-refractivity contribution in [2.24, 2.45) is 0 Å². The van der Waals surface area contributed by atoms with Gasteiger partial charge in [0, 0.05) is 30.9 Å². The zero-order chi connectivity index (χ0) is 20.7. The number of nitrogens with zero attached hydrogens (tertiary/aromatic N) is 2. The highest BCUT2D eigenvalue weighted by atomic mass is 32.1. The number of amides is 2. The predicted octanol–water partition coefficient (Wildman–Crippen LogP) is 3.34. The lowest BCUT2D eigenvalue weighted by Gasteiger charge is -2.25. The molecule has 0 unspecified atom stereocenters. The third-order valence-electron chi connectivity index (χ3n) is 5.30. The summed E-state index contributed by atoms with van der Waals surface area (Å²) in [6.45, 7) is 3.01. The van der Waals surface area contributed by atoms with Gasteiger partial charge in [0.2, 0.25) is 11.8 Å². The van der Waals surface area contributed by atoms with Crippen LogP contribution in [0.15, 0.2) is 36.4 Å². The van der Waals surface area contributed by atoms with Crippen LogP contribution in [-0.2, 0) is 14.3 Å². The molecular formula is C21H19FN4O3S. The maximum atomic E-state index is 13.5. The number of fused-ring (bicyclic) bond motifs is 2. The van der Waals surface area contributed by atoms with Gasteiger partial charge in [-0.1, -0.05) is 17.4 Å². The normalized spacial score (nSPS) is 18.8. The zero-order valence-electron chi connectivity index (χ0n) is 16.0. The van der Waals surface area contributed by atoms with Gasteiger partial charge in [0.1, 0.15) is 5.82 Å². The van der Waals surface area contributed by atoms with E-state index in [0.29, 0.717) is 30.2 Å². The van der Waals surface area contributed by atoms with Crippen molar-refractivity contribution < 1.29 is 18.7 Å². The summed E-state index contributed by atoms with van der Waals surface area (Å²) >= 11 is 1.57. The number of halogens is 1. The van der Waals surface area contributed by atoms with Crippen molar-refractivity contribution in [3.05, 3.63) is 47.8 Å². The van der Waals surface area contributed by atoms with Crippen LogP contribution in [0.5, 0.6) is 0 Å². The third kappa shape index (κ3) is 3.61. The molecule has 7 nitrogen and oxygen atoms in total. The number of ether oxygens (including phenoxy) is 1. The largest absolute Gasteiger partial charge is 0.378 e. The van der Waals surface area contributed by atoms with Crippen LogP contribution >= 0.6 is 11.3 Å². The highest BCUT2D eigenvalue weighted by molar-refractivity contribution is 7.22. The zero-order valence-corrected chi connectivity index (χ0v) is 16.8. The summed E-state index contributed by atoms with van der Waals surface area (Å²) < 4.78 is 19.9. The minimum absolute atomic E-state index is 0.0223. The molecule has 2 amide bonds. The fourth-order valence-corrected chi connectivity index (χ4v) is 4.84. The molecule has 0 spiro atoms. The van der Waals surface area contributed by atoms with E-state index in [9.17, 15) is 14.0 Å². The molecule has 2 aromatic carbocycles. The van der Waals surface area contributed by atoms with E-state index >= 15 is 0 Å². The van der Waals surface area contributed by atoms with Gasteiger partial charge in [-0.15, -0.1) is 0 Å². The number of anilines is 3. The summed E-state index contributed by atoms with van der Waals surface area (Å²) in [5.74, 6) is -1.73. The van der Waals surface area contributed by atoms with Crippen LogP contribution in [0.1, 0.15) is 17.9 Å². The van der Waals surface area contributed by atoms with E-state index in [0.717, 1.165) is 28.4 Å². The Labute approximate surface area is 175 Å². The average molecular weight is 426 g/mol. The van der Waals surface area contributed by atoms with Crippen LogP contribution in [0.25, 0.3) is 10.2 Å². The first-order valence-electron chi connectivity index (χ1n) is 9.70. The van der Waals surface area contributed by atoms with Gasteiger partial charge in [-0.2, -0.15) is 0 Å². The summed E-state index contributed by atoms with van der Waals surface area (Å²) in [6, 6.07) is 9.66. The summed E-state index contributed by atoms with van der Waals surface area (Å²) in [6.07, 6.45) is 0.0223. The lowest BCUT2D eigenvalue weighted by Crippen LogP contribution is -2.36. The first kappa shape index (κ1) is 19.0. The topological polar surface area (TPSA) is 83.6 Å². The van der Waals surface area contributed by atoms with Crippen LogP contribution < -0.4 is 15.5 Å². The van der Waals surface area contributed by atoms with Crippen LogP contribution in [0, 0.1) is 5.82 Å². The molecule has 5 rings (SSSR count). The van der Waals surface area contributed by atoms with Crippen molar-refractivity contribution >= 4 is 49.9 Å². The number of rotatable bonds is 3. The van der Waals surface area contributed by atoms with Gasteiger partial charge in [0.15, 0.2) is 5.13 Å². The lowest BCUT2D eigenvalue weighted by atomic mass is 9.89. The fourth-order valence-electron chi connectivity index (χ4n) is 3.78. The number of nitrogens with one attached hydrogen (secondary N) is 2. The summed E-state index contributed by atoms with van der Waals surface area (Å²) in [4.78, 5) is 31.8. The molecule has 1 saturated heterocycles.